The predicted molar refractivity (Wildman–Crippen MR) is 102 cm³/mol. The van der Waals surface area contributed by atoms with Gasteiger partial charge in [-0.05, 0) is 43.3 Å². The average molecular weight is 384 g/mol. The Hall–Kier alpha value is -3.55. The van der Waals surface area contributed by atoms with E-state index in [1.54, 1.807) is 37.3 Å². The number of benzene rings is 1. The number of amides is 2. The van der Waals surface area contributed by atoms with Gasteiger partial charge in [0, 0.05) is 18.2 Å². The van der Waals surface area contributed by atoms with Crippen LogP contribution in [-0.2, 0) is 25.5 Å². The van der Waals surface area contributed by atoms with Crippen LogP contribution < -0.4 is 15.4 Å². The average Bonchev–Trinajstić information content (AvgIpc) is 3.13. The van der Waals surface area contributed by atoms with Crippen molar-refractivity contribution in [3.63, 3.8) is 0 Å². The standard InChI is InChI=1S/C20H20N2O6/c1-12-20(25)22-16-11-13(3-8-17(16)27-12)21-18(23)9-6-14-4-5-15(28-14)7-10-19(24)26-2/h3-6,8-9,11-12H,7,10H2,1-2H3,(H,21,23)(H,22,25)/b9-6+/t12-/m0/s1. The minimum atomic E-state index is -0.554. The van der Waals surface area contributed by atoms with E-state index in [0.717, 1.165) is 0 Å². The lowest BCUT2D eigenvalue weighted by Crippen LogP contribution is -2.34. The van der Waals surface area contributed by atoms with Crippen molar-refractivity contribution >= 4 is 35.2 Å². The number of nitrogens with one attached hydrogen (secondary N) is 2. The number of methoxy groups -OCH3 is 1. The van der Waals surface area contributed by atoms with Crippen LogP contribution in [0, 0.1) is 0 Å². The lowest BCUT2D eigenvalue weighted by molar-refractivity contribution is -0.140. The summed E-state index contributed by atoms with van der Waals surface area (Å²) in [6, 6.07) is 8.46. The van der Waals surface area contributed by atoms with Crippen LogP contribution in [0.1, 0.15) is 24.9 Å². The minimum absolute atomic E-state index is 0.227. The van der Waals surface area contributed by atoms with Crippen molar-refractivity contribution in [2.24, 2.45) is 0 Å². The molecule has 1 aliphatic heterocycles. The zero-order valence-corrected chi connectivity index (χ0v) is 15.5. The van der Waals surface area contributed by atoms with Crippen LogP contribution in [0.2, 0.25) is 0 Å². The van der Waals surface area contributed by atoms with Gasteiger partial charge in [-0.2, -0.15) is 0 Å². The van der Waals surface area contributed by atoms with Gasteiger partial charge in [-0.15, -0.1) is 0 Å². The van der Waals surface area contributed by atoms with Gasteiger partial charge in [0.2, 0.25) is 5.91 Å². The molecule has 0 spiro atoms. The molecule has 2 heterocycles. The third kappa shape index (κ3) is 4.79. The summed E-state index contributed by atoms with van der Waals surface area (Å²) in [4.78, 5) is 34.9. The number of hydrogen-bond acceptors (Lipinski definition) is 6. The van der Waals surface area contributed by atoms with Crippen LogP contribution in [-0.4, -0.2) is 31.0 Å². The number of rotatable bonds is 6. The van der Waals surface area contributed by atoms with Gasteiger partial charge in [0.05, 0.1) is 19.2 Å². The molecular weight excluding hydrogens is 364 g/mol. The number of furan rings is 1. The van der Waals surface area contributed by atoms with E-state index in [0.29, 0.717) is 35.1 Å². The maximum absolute atomic E-state index is 12.1. The van der Waals surface area contributed by atoms with E-state index >= 15 is 0 Å². The summed E-state index contributed by atoms with van der Waals surface area (Å²) in [5.41, 5.74) is 1.02. The van der Waals surface area contributed by atoms with Crippen LogP contribution in [0.4, 0.5) is 11.4 Å². The van der Waals surface area contributed by atoms with Gasteiger partial charge >= 0.3 is 5.97 Å². The van der Waals surface area contributed by atoms with Gasteiger partial charge in [-0.1, -0.05) is 0 Å². The quantitative estimate of drug-likeness (QED) is 0.586. The van der Waals surface area contributed by atoms with Gasteiger partial charge in [0.15, 0.2) is 6.10 Å². The minimum Gasteiger partial charge on any atom is -0.479 e. The molecule has 8 heteroatoms. The van der Waals surface area contributed by atoms with Crippen molar-refractivity contribution in [3.8, 4) is 5.75 Å². The molecule has 2 aromatic rings. The Kier molecular flexibility index (Phi) is 5.78. The zero-order chi connectivity index (χ0) is 20.1. The summed E-state index contributed by atoms with van der Waals surface area (Å²) >= 11 is 0. The molecule has 1 aliphatic rings. The normalized spacial score (nSPS) is 15.5. The van der Waals surface area contributed by atoms with E-state index in [-0.39, 0.29) is 24.2 Å². The Morgan fingerprint density at radius 3 is 2.89 bits per heavy atom. The smallest absolute Gasteiger partial charge is 0.305 e. The Bertz CT molecular complexity index is 931. The molecule has 146 valence electrons. The second-order valence-electron chi connectivity index (χ2n) is 6.16. The molecule has 0 saturated carbocycles. The fraction of sp³-hybridized carbons (Fsp3) is 0.250. The van der Waals surface area contributed by atoms with Crippen LogP contribution in [0.5, 0.6) is 5.75 Å². The summed E-state index contributed by atoms with van der Waals surface area (Å²) in [6.07, 6.45) is 2.96. The van der Waals surface area contributed by atoms with Crippen molar-refractivity contribution in [3.05, 3.63) is 47.9 Å². The van der Waals surface area contributed by atoms with E-state index in [9.17, 15) is 14.4 Å². The number of aryl methyl sites for hydroxylation is 1. The molecule has 3 rings (SSSR count). The highest BCUT2D eigenvalue weighted by atomic mass is 16.5. The highest BCUT2D eigenvalue weighted by molar-refractivity contribution is 6.03. The van der Waals surface area contributed by atoms with Gasteiger partial charge in [0.25, 0.3) is 5.91 Å². The molecule has 1 aromatic carbocycles. The second-order valence-corrected chi connectivity index (χ2v) is 6.16. The Morgan fingerprint density at radius 2 is 2.11 bits per heavy atom. The summed E-state index contributed by atoms with van der Waals surface area (Å²) in [6.45, 7) is 1.66. The molecule has 2 amide bonds. The van der Waals surface area contributed by atoms with Crippen LogP contribution >= 0.6 is 0 Å². The number of fused-ring (bicyclic) bond motifs is 1. The first kappa shape index (κ1) is 19.2. The molecule has 0 aliphatic carbocycles. The first-order chi connectivity index (χ1) is 13.4. The van der Waals surface area contributed by atoms with Gasteiger partial charge in [-0.25, -0.2) is 0 Å². The lowest BCUT2D eigenvalue weighted by Gasteiger charge is -2.23. The van der Waals surface area contributed by atoms with E-state index in [4.69, 9.17) is 9.15 Å². The number of carbonyl (C=O) groups is 3. The van der Waals surface area contributed by atoms with Gasteiger partial charge in [0.1, 0.15) is 17.3 Å². The summed E-state index contributed by atoms with van der Waals surface area (Å²) in [5.74, 6) is 0.769. The monoisotopic (exact) mass is 384 g/mol. The molecule has 8 nitrogen and oxygen atoms in total. The Labute approximate surface area is 161 Å². The topological polar surface area (TPSA) is 107 Å². The van der Waals surface area contributed by atoms with Gasteiger partial charge < -0.3 is 24.5 Å². The van der Waals surface area contributed by atoms with Crippen molar-refractivity contribution < 1.29 is 28.3 Å². The molecule has 2 N–H and O–H groups in total. The zero-order valence-electron chi connectivity index (χ0n) is 15.5. The fourth-order valence-electron chi connectivity index (χ4n) is 2.57. The molecule has 0 bridgehead atoms. The van der Waals surface area contributed by atoms with E-state index in [1.165, 1.54) is 19.3 Å². The lowest BCUT2D eigenvalue weighted by atomic mass is 10.2. The highest BCUT2D eigenvalue weighted by Crippen LogP contribution is 2.32. The van der Waals surface area contributed by atoms with E-state index in [1.807, 2.05) is 0 Å². The molecule has 0 fully saturated rings. The number of esters is 1. The number of ether oxygens (including phenoxy) is 2. The molecule has 28 heavy (non-hydrogen) atoms. The summed E-state index contributed by atoms with van der Waals surface area (Å²) in [7, 11) is 1.33. The fourth-order valence-corrected chi connectivity index (χ4v) is 2.57. The van der Waals surface area contributed by atoms with E-state index in [2.05, 4.69) is 15.4 Å². The molecule has 1 aromatic heterocycles. The third-order valence-corrected chi connectivity index (χ3v) is 4.06. The van der Waals surface area contributed by atoms with Crippen LogP contribution in [0.3, 0.4) is 0 Å². The number of carbonyl (C=O) groups excluding carboxylic acids is 3. The van der Waals surface area contributed by atoms with Crippen molar-refractivity contribution in [1.82, 2.24) is 0 Å². The SMILES string of the molecule is COC(=O)CCc1ccc(/C=C/C(=O)Nc2ccc3c(c2)NC(=O)[C@H](C)O3)o1. The van der Waals surface area contributed by atoms with Crippen molar-refractivity contribution in [2.45, 2.75) is 25.9 Å². The van der Waals surface area contributed by atoms with Gasteiger partial charge in [-0.3, -0.25) is 14.4 Å². The van der Waals surface area contributed by atoms with Crippen molar-refractivity contribution in [1.29, 1.82) is 0 Å². The van der Waals surface area contributed by atoms with Crippen molar-refractivity contribution in [2.75, 3.05) is 17.7 Å². The third-order valence-electron chi connectivity index (χ3n) is 4.06. The van der Waals surface area contributed by atoms with Crippen LogP contribution in [0.25, 0.3) is 6.08 Å². The molecular formula is C20H20N2O6. The number of anilines is 2. The predicted octanol–water partition coefficient (Wildman–Crippen LogP) is 2.76. The second kappa shape index (κ2) is 8.43. The summed E-state index contributed by atoms with van der Waals surface area (Å²) in [5, 5.41) is 5.43. The maximum atomic E-state index is 12.1. The maximum Gasteiger partial charge on any atom is 0.305 e. The molecule has 0 radical (unpaired) electrons. The molecule has 1 atom stereocenters. The molecule has 0 unspecified atom stereocenters. The summed E-state index contributed by atoms with van der Waals surface area (Å²) < 4.78 is 15.6. The first-order valence-corrected chi connectivity index (χ1v) is 8.71. The first-order valence-electron chi connectivity index (χ1n) is 8.71. The number of hydrogen-bond donors (Lipinski definition) is 2. The Balaban J connectivity index is 1.57. The Morgan fingerprint density at radius 1 is 1.29 bits per heavy atom. The van der Waals surface area contributed by atoms with E-state index < -0.39 is 6.10 Å². The largest absolute Gasteiger partial charge is 0.479 e. The van der Waals surface area contributed by atoms with Crippen LogP contribution in [0.15, 0.2) is 40.8 Å². The highest BCUT2D eigenvalue weighted by Gasteiger charge is 2.23. The molecule has 0 saturated heterocycles.